The van der Waals surface area contributed by atoms with E-state index in [1.807, 2.05) is 6.08 Å². The normalized spacial score (nSPS) is 32.1. The summed E-state index contributed by atoms with van der Waals surface area (Å²) in [4.78, 5) is 0. The van der Waals surface area contributed by atoms with Gasteiger partial charge in [-0.1, -0.05) is 44.4 Å². The Balaban J connectivity index is 1.27. The minimum atomic E-state index is -4.76. The van der Waals surface area contributed by atoms with Crippen molar-refractivity contribution in [2.45, 2.75) is 103 Å². The SMILES string of the molecule is CCOc1ccc(C=CC2CCC(C3CCC(C4CCC(CC)CC4)CC3)CC2)c(C(F)(F)F)c1F. The van der Waals surface area contributed by atoms with Gasteiger partial charge in [-0.05, 0) is 118 Å². The molecule has 0 bridgehead atoms. The molecular formula is C31H44F4O. The molecule has 1 nitrogen and oxygen atoms in total. The van der Waals surface area contributed by atoms with E-state index in [4.69, 9.17) is 4.74 Å². The lowest BCUT2D eigenvalue weighted by atomic mass is 9.65. The van der Waals surface area contributed by atoms with Crippen molar-refractivity contribution in [3.8, 4) is 5.75 Å². The molecule has 3 saturated carbocycles. The number of ether oxygens (including phenoxy) is 1. The maximum Gasteiger partial charge on any atom is 0.419 e. The van der Waals surface area contributed by atoms with Crippen LogP contribution in [0.5, 0.6) is 5.75 Å². The van der Waals surface area contributed by atoms with E-state index >= 15 is 0 Å². The molecule has 0 radical (unpaired) electrons. The lowest BCUT2D eigenvalue weighted by molar-refractivity contribution is -0.140. The fourth-order valence-electron chi connectivity index (χ4n) is 7.47. The number of benzene rings is 1. The molecule has 0 N–H and O–H groups in total. The van der Waals surface area contributed by atoms with Crippen molar-refractivity contribution in [1.82, 2.24) is 0 Å². The lowest BCUT2D eigenvalue weighted by Gasteiger charge is -2.41. The zero-order chi connectivity index (χ0) is 25.7. The third-order valence-electron chi connectivity index (χ3n) is 9.71. The predicted octanol–water partition coefficient (Wildman–Crippen LogP) is 10.1. The highest BCUT2D eigenvalue weighted by Crippen LogP contribution is 2.46. The molecule has 3 aliphatic carbocycles. The van der Waals surface area contributed by atoms with Gasteiger partial charge in [-0.25, -0.2) is 4.39 Å². The van der Waals surface area contributed by atoms with Crippen LogP contribution in [0.3, 0.4) is 0 Å². The van der Waals surface area contributed by atoms with Crippen molar-refractivity contribution in [3.63, 3.8) is 0 Å². The summed E-state index contributed by atoms with van der Waals surface area (Å²) in [5, 5.41) is 0. The van der Waals surface area contributed by atoms with Crippen molar-refractivity contribution >= 4 is 6.08 Å². The van der Waals surface area contributed by atoms with Crippen LogP contribution in [0.25, 0.3) is 6.08 Å². The third-order valence-corrected chi connectivity index (χ3v) is 9.71. The van der Waals surface area contributed by atoms with Gasteiger partial charge in [0, 0.05) is 0 Å². The Labute approximate surface area is 215 Å². The first kappa shape index (κ1) is 27.5. The van der Waals surface area contributed by atoms with Crippen molar-refractivity contribution < 1.29 is 22.3 Å². The Morgan fingerprint density at radius 3 is 1.75 bits per heavy atom. The zero-order valence-corrected chi connectivity index (χ0v) is 22.1. The van der Waals surface area contributed by atoms with Gasteiger partial charge < -0.3 is 4.74 Å². The molecule has 3 aliphatic rings. The minimum absolute atomic E-state index is 0.114. The smallest absolute Gasteiger partial charge is 0.419 e. The predicted molar refractivity (Wildman–Crippen MR) is 138 cm³/mol. The standard InChI is InChI=1S/C31H44F4O/c1-3-21-5-10-23(11-6-21)25-15-17-26(18-16-25)24-12-7-22(8-13-24)9-14-27-19-20-28(36-4-2)30(32)29(27)31(33,34)35/h9,14,19-26H,3-8,10-13,15-18H2,1-2H3. The molecule has 0 aliphatic heterocycles. The molecular weight excluding hydrogens is 464 g/mol. The molecule has 0 spiro atoms. The second-order valence-corrected chi connectivity index (χ2v) is 11.7. The second kappa shape index (κ2) is 12.3. The molecule has 36 heavy (non-hydrogen) atoms. The minimum Gasteiger partial charge on any atom is -0.491 e. The molecule has 0 aromatic heterocycles. The van der Waals surface area contributed by atoms with Crippen LogP contribution in [0.1, 0.15) is 108 Å². The maximum atomic E-state index is 14.5. The third kappa shape index (κ3) is 6.67. The van der Waals surface area contributed by atoms with Gasteiger partial charge in [0.15, 0.2) is 11.6 Å². The number of rotatable bonds is 7. The van der Waals surface area contributed by atoms with Gasteiger partial charge in [0.2, 0.25) is 0 Å². The molecule has 0 saturated heterocycles. The molecule has 3 fully saturated rings. The molecule has 1 aromatic carbocycles. The molecule has 0 unspecified atom stereocenters. The maximum absolute atomic E-state index is 14.5. The summed E-state index contributed by atoms with van der Waals surface area (Å²) in [5.41, 5.74) is -1.34. The average molecular weight is 509 g/mol. The van der Waals surface area contributed by atoms with Gasteiger partial charge in [0.1, 0.15) is 5.56 Å². The van der Waals surface area contributed by atoms with Crippen molar-refractivity contribution in [3.05, 3.63) is 35.2 Å². The first-order chi connectivity index (χ1) is 17.3. The Bertz CT molecular complexity index is 852. The van der Waals surface area contributed by atoms with Crippen molar-refractivity contribution in [2.75, 3.05) is 6.61 Å². The van der Waals surface area contributed by atoms with Crippen molar-refractivity contribution in [2.24, 2.45) is 35.5 Å². The number of allylic oxidation sites excluding steroid dienone is 1. The number of hydrogen-bond donors (Lipinski definition) is 0. The summed E-state index contributed by atoms with van der Waals surface area (Å²) in [6.07, 6.45) is 15.6. The van der Waals surface area contributed by atoms with Gasteiger partial charge in [-0.2, -0.15) is 13.2 Å². The summed E-state index contributed by atoms with van der Waals surface area (Å²) < 4.78 is 60.4. The quantitative estimate of drug-likeness (QED) is 0.333. The number of halogens is 4. The summed E-state index contributed by atoms with van der Waals surface area (Å²) in [7, 11) is 0. The van der Waals surface area contributed by atoms with E-state index in [9.17, 15) is 17.6 Å². The fourth-order valence-corrected chi connectivity index (χ4v) is 7.47. The Kier molecular flexibility index (Phi) is 9.44. The summed E-state index contributed by atoms with van der Waals surface area (Å²) in [5.74, 6) is 3.07. The highest BCUT2D eigenvalue weighted by atomic mass is 19.4. The van der Waals surface area contributed by atoms with E-state index in [0.717, 1.165) is 55.3 Å². The molecule has 4 rings (SSSR count). The Morgan fingerprint density at radius 1 is 0.778 bits per heavy atom. The van der Waals surface area contributed by atoms with Gasteiger partial charge >= 0.3 is 6.18 Å². The number of hydrogen-bond acceptors (Lipinski definition) is 1. The van der Waals surface area contributed by atoms with E-state index in [1.165, 1.54) is 76.0 Å². The second-order valence-electron chi connectivity index (χ2n) is 11.7. The molecule has 0 amide bonds. The van der Waals surface area contributed by atoms with Gasteiger partial charge in [-0.15, -0.1) is 0 Å². The van der Waals surface area contributed by atoms with E-state index in [-0.39, 0.29) is 23.8 Å². The summed E-state index contributed by atoms with van der Waals surface area (Å²) in [6.45, 7) is 4.08. The Hall–Kier alpha value is -1.52. The zero-order valence-electron chi connectivity index (χ0n) is 22.1. The lowest BCUT2D eigenvalue weighted by Crippen LogP contribution is -2.29. The summed E-state index contributed by atoms with van der Waals surface area (Å²) in [6, 6.07) is 2.63. The van der Waals surface area contributed by atoms with E-state index in [1.54, 1.807) is 6.92 Å². The van der Waals surface area contributed by atoms with Crippen LogP contribution in [0, 0.1) is 41.3 Å². The topological polar surface area (TPSA) is 9.23 Å². The molecule has 1 aromatic rings. The van der Waals surface area contributed by atoms with Crippen LogP contribution >= 0.6 is 0 Å². The van der Waals surface area contributed by atoms with Crippen LogP contribution in [-0.2, 0) is 6.18 Å². The number of alkyl halides is 3. The molecule has 0 heterocycles. The average Bonchev–Trinajstić information content (AvgIpc) is 2.88. The molecule has 202 valence electrons. The highest BCUT2D eigenvalue weighted by Gasteiger charge is 2.38. The van der Waals surface area contributed by atoms with E-state index in [0.29, 0.717) is 0 Å². The van der Waals surface area contributed by atoms with E-state index in [2.05, 4.69) is 6.92 Å². The monoisotopic (exact) mass is 508 g/mol. The van der Waals surface area contributed by atoms with E-state index < -0.39 is 17.6 Å². The van der Waals surface area contributed by atoms with Crippen LogP contribution in [-0.4, -0.2) is 6.61 Å². The first-order valence-corrected chi connectivity index (χ1v) is 14.5. The Morgan fingerprint density at radius 2 is 1.28 bits per heavy atom. The fraction of sp³-hybridized carbons (Fsp3) is 0.742. The molecule has 5 heteroatoms. The van der Waals surface area contributed by atoms with Crippen LogP contribution in [0.4, 0.5) is 17.6 Å². The van der Waals surface area contributed by atoms with Gasteiger partial charge in [0.05, 0.1) is 6.61 Å². The van der Waals surface area contributed by atoms with Crippen LogP contribution in [0.2, 0.25) is 0 Å². The van der Waals surface area contributed by atoms with Crippen LogP contribution in [0.15, 0.2) is 18.2 Å². The first-order valence-electron chi connectivity index (χ1n) is 14.5. The largest absolute Gasteiger partial charge is 0.491 e. The summed E-state index contributed by atoms with van der Waals surface area (Å²) >= 11 is 0. The van der Waals surface area contributed by atoms with Gasteiger partial charge in [-0.3, -0.25) is 0 Å². The van der Waals surface area contributed by atoms with Crippen molar-refractivity contribution in [1.29, 1.82) is 0 Å². The molecule has 0 atom stereocenters. The highest BCUT2D eigenvalue weighted by molar-refractivity contribution is 5.57. The van der Waals surface area contributed by atoms with Crippen LogP contribution < -0.4 is 4.74 Å². The van der Waals surface area contributed by atoms with Gasteiger partial charge in [0.25, 0.3) is 0 Å².